The largest absolute Gasteiger partial charge is 0.376 e. The van der Waals surface area contributed by atoms with Crippen molar-refractivity contribution < 1.29 is 9.53 Å². The third-order valence-electron chi connectivity index (χ3n) is 2.80. The van der Waals surface area contributed by atoms with Gasteiger partial charge in [0.1, 0.15) is 0 Å². The summed E-state index contributed by atoms with van der Waals surface area (Å²) in [6.45, 7) is 1.45. The van der Waals surface area contributed by atoms with Gasteiger partial charge < -0.3 is 10.1 Å². The molecule has 0 saturated carbocycles. The molecule has 0 bridgehead atoms. The van der Waals surface area contributed by atoms with Gasteiger partial charge in [0.05, 0.1) is 9.67 Å². The Labute approximate surface area is 135 Å². The maximum atomic E-state index is 11.9. The summed E-state index contributed by atoms with van der Waals surface area (Å²) in [5.41, 5.74) is 5.53. The van der Waals surface area contributed by atoms with Crippen molar-refractivity contribution in [1.29, 1.82) is 0 Å². The van der Waals surface area contributed by atoms with Gasteiger partial charge in [0.15, 0.2) is 10.8 Å². The van der Waals surface area contributed by atoms with Gasteiger partial charge in [-0.15, -0.1) is 0 Å². The van der Waals surface area contributed by atoms with E-state index in [9.17, 15) is 4.79 Å². The molecule has 1 aliphatic rings. The first-order chi connectivity index (χ1) is 9.56. The number of carbonyl (C=O) groups excluding carboxylic acids is 1. The zero-order valence-corrected chi connectivity index (χ0v) is 14.0. The number of aromatic nitrogens is 2. The quantitative estimate of drug-likeness (QED) is 0.379. The second-order valence-corrected chi connectivity index (χ2v) is 5.99. The van der Waals surface area contributed by atoms with E-state index >= 15 is 0 Å². The van der Waals surface area contributed by atoms with Crippen molar-refractivity contribution >= 4 is 45.8 Å². The van der Waals surface area contributed by atoms with Crippen molar-refractivity contribution in [2.75, 3.05) is 13.2 Å². The van der Waals surface area contributed by atoms with E-state index < -0.39 is 0 Å². The molecule has 0 aromatic carbocycles. The van der Waals surface area contributed by atoms with Gasteiger partial charge in [-0.3, -0.25) is 20.3 Å². The van der Waals surface area contributed by atoms with Crippen LogP contribution in [-0.2, 0) is 11.8 Å². The van der Waals surface area contributed by atoms with Crippen LogP contribution in [0, 0.1) is 3.57 Å². The molecule has 1 amide bonds. The Morgan fingerprint density at radius 1 is 1.65 bits per heavy atom. The lowest BCUT2D eigenvalue weighted by Crippen LogP contribution is -2.48. The minimum absolute atomic E-state index is 0.196. The first kappa shape index (κ1) is 15.4. The summed E-state index contributed by atoms with van der Waals surface area (Å²) in [5, 5.41) is 7.44. The van der Waals surface area contributed by atoms with Gasteiger partial charge in [0, 0.05) is 26.4 Å². The van der Waals surface area contributed by atoms with Crippen LogP contribution < -0.4 is 16.2 Å². The van der Waals surface area contributed by atoms with Crippen LogP contribution >= 0.6 is 34.8 Å². The maximum Gasteiger partial charge on any atom is 0.291 e. The standard InChI is InChI=1S/C11H16IN5O2S/c1-17-6-8(12)9(16-17)10(18)14-15-11(20)13-5-7-3-2-4-19-7/h6-7H,2-5H2,1H3,(H,14,18)(H2,13,15,20)/t7-/m0/s1. The highest BCUT2D eigenvalue weighted by atomic mass is 127. The first-order valence-corrected chi connectivity index (χ1v) is 7.70. The molecular formula is C11H16IN5O2S. The number of aryl methyl sites for hydroxylation is 1. The molecule has 1 aromatic heterocycles. The Bertz CT molecular complexity index is 501. The summed E-state index contributed by atoms with van der Waals surface area (Å²) in [6, 6.07) is 0. The number of hydrogen-bond donors (Lipinski definition) is 3. The molecule has 1 fully saturated rings. The highest BCUT2D eigenvalue weighted by Crippen LogP contribution is 2.10. The van der Waals surface area contributed by atoms with Crippen molar-refractivity contribution in [3.63, 3.8) is 0 Å². The number of nitrogens with one attached hydrogen (secondary N) is 3. The van der Waals surface area contributed by atoms with Crippen molar-refractivity contribution in [2.45, 2.75) is 18.9 Å². The predicted molar refractivity (Wildman–Crippen MR) is 86.1 cm³/mol. The molecule has 20 heavy (non-hydrogen) atoms. The topological polar surface area (TPSA) is 80.2 Å². The highest BCUT2D eigenvalue weighted by Gasteiger charge is 2.16. The van der Waals surface area contributed by atoms with Crippen LogP contribution in [0.5, 0.6) is 0 Å². The summed E-state index contributed by atoms with van der Waals surface area (Å²) in [6.07, 6.45) is 4.08. The van der Waals surface area contributed by atoms with Crippen LogP contribution in [0.4, 0.5) is 0 Å². The number of hydrazine groups is 1. The summed E-state index contributed by atoms with van der Waals surface area (Å²) in [4.78, 5) is 11.9. The number of hydrogen-bond acceptors (Lipinski definition) is 4. The van der Waals surface area contributed by atoms with Crippen molar-refractivity contribution in [3.05, 3.63) is 15.5 Å². The lowest BCUT2D eigenvalue weighted by molar-refractivity contribution is 0.0936. The van der Waals surface area contributed by atoms with Crippen LogP contribution in [0.15, 0.2) is 6.20 Å². The monoisotopic (exact) mass is 409 g/mol. The number of ether oxygens (including phenoxy) is 1. The van der Waals surface area contributed by atoms with Crippen molar-refractivity contribution in [3.8, 4) is 0 Å². The fourth-order valence-corrected chi connectivity index (χ4v) is 2.73. The molecule has 1 saturated heterocycles. The molecule has 0 spiro atoms. The maximum absolute atomic E-state index is 11.9. The summed E-state index contributed by atoms with van der Waals surface area (Å²) in [5.74, 6) is -0.323. The minimum Gasteiger partial charge on any atom is -0.376 e. The predicted octanol–water partition coefficient (Wildman–Crippen LogP) is 0.313. The van der Waals surface area contributed by atoms with E-state index in [4.69, 9.17) is 17.0 Å². The third-order valence-corrected chi connectivity index (χ3v) is 3.84. The van der Waals surface area contributed by atoms with Crippen molar-refractivity contribution in [2.24, 2.45) is 7.05 Å². The smallest absolute Gasteiger partial charge is 0.291 e. The van der Waals surface area contributed by atoms with Gasteiger partial charge in [-0.05, 0) is 47.7 Å². The van der Waals surface area contributed by atoms with Gasteiger partial charge in [-0.1, -0.05) is 0 Å². The molecule has 2 heterocycles. The van der Waals surface area contributed by atoms with Crippen LogP contribution in [0.1, 0.15) is 23.3 Å². The van der Waals surface area contributed by atoms with Crippen LogP contribution in [0.25, 0.3) is 0 Å². The Morgan fingerprint density at radius 3 is 3.05 bits per heavy atom. The van der Waals surface area contributed by atoms with Crippen molar-refractivity contribution in [1.82, 2.24) is 25.9 Å². The van der Waals surface area contributed by atoms with E-state index in [0.717, 1.165) is 23.0 Å². The summed E-state index contributed by atoms with van der Waals surface area (Å²) < 4.78 is 7.83. The molecule has 0 aliphatic carbocycles. The van der Waals surface area contributed by atoms with Crippen LogP contribution in [-0.4, -0.2) is 40.1 Å². The number of rotatable bonds is 3. The molecule has 0 radical (unpaired) electrons. The Hall–Kier alpha value is -0.940. The number of carbonyl (C=O) groups is 1. The normalized spacial score (nSPS) is 17.8. The Morgan fingerprint density at radius 2 is 2.45 bits per heavy atom. The number of nitrogens with zero attached hydrogens (tertiary/aromatic N) is 2. The van der Waals surface area contributed by atoms with Crippen LogP contribution in [0.2, 0.25) is 0 Å². The lowest BCUT2D eigenvalue weighted by atomic mass is 10.2. The summed E-state index contributed by atoms with van der Waals surface area (Å²) >= 11 is 7.13. The number of amides is 1. The molecule has 0 unspecified atom stereocenters. The van der Waals surface area contributed by atoms with E-state index in [0.29, 0.717) is 17.4 Å². The highest BCUT2D eigenvalue weighted by molar-refractivity contribution is 14.1. The van der Waals surface area contributed by atoms with E-state index in [1.54, 1.807) is 17.9 Å². The fourth-order valence-electron chi connectivity index (χ4n) is 1.84. The minimum atomic E-state index is -0.323. The molecule has 1 atom stereocenters. The molecule has 2 rings (SSSR count). The Kier molecular flexibility index (Phi) is 5.54. The molecule has 9 heteroatoms. The van der Waals surface area contributed by atoms with E-state index in [-0.39, 0.29) is 12.0 Å². The number of thiocarbonyl (C=S) groups is 1. The lowest BCUT2D eigenvalue weighted by Gasteiger charge is -2.14. The Balaban J connectivity index is 1.72. The average molecular weight is 409 g/mol. The van der Waals surface area contributed by atoms with E-state index in [2.05, 4.69) is 43.9 Å². The second kappa shape index (κ2) is 7.18. The second-order valence-electron chi connectivity index (χ2n) is 4.42. The molecule has 1 aliphatic heterocycles. The molecule has 3 N–H and O–H groups in total. The zero-order valence-electron chi connectivity index (χ0n) is 11.0. The van der Waals surface area contributed by atoms with Gasteiger partial charge in [0.2, 0.25) is 0 Å². The van der Waals surface area contributed by atoms with Gasteiger partial charge in [-0.25, -0.2) is 0 Å². The molecule has 7 nitrogen and oxygen atoms in total. The SMILES string of the molecule is Cn1cc(I)c(C(=O)NNC(=S)NC[C@@H]2CCCO2)n1. The molecule has 1 aromatic rings. The first-order valence-electron chi connectivity index (χ1n) is 6.21. The van der Waals surface area contributed by atoms with Gasteiger partial charge in [0.25, 0.3) is 5.91 Å². The average Bonchev–Trinajstić information content (AvgIpc) is 3.03. The van der Waals surface area contributed by atoms with Gasteiger partial charge in [-0.2, -0.15) is 5.10 Å². The van der Waals surface area contributed by atoms with Crippen LogP contribution in [0.3, 0.4) is 0 Å². The molecule has 110 valence electrons. The molecular weight excluding hydrogens is 393 g/mol. The number of halogens is 1. The van der Waals surface area contributed by atoms with E-state index in [1.807, 2.05) is 0 Å². The van der Waals surface area contributed by atoms with Gasteiger partial charge >= 0.3 is 0 Å². The summed E-state index contributed by atoms with van der Waals surface area (Å²) in [7, 11) is 1.76. The third kappa shape index (κ3) is 4.28. The fraction of sp³-hybridized carbons (Fsp3) is 0.545. The zero-order chi connectivity index (χ0) is 14.5. The van der Waals surface area contributed by atoms with E-state index in [1.165, 1.54) is 0 Å².